The molecule has 1 saturated heterocycles. The Bertz CT molecular complexity index is 1410. The van der Waals surface area contributed by atoms with Gasteiger partial charge >= 0.3 is 6.18 Å². The van der Waals surface area contributed by atoms with Crippen molar-refractivity contribution in [2.75, 3.05) is 13.7 Å². The fourth-order valence-electron chi connectivity index (χ4n) is 4.77. The second-order valence-electron chi connectivity index (χ2n) is 8.50. The van der Waals surface area contributed by atoms with Gasteiger partial charge in [0.2, 0.25) is 5.79 Å². The first-order valence-corrected chi connectivity index (χ1v) is 11.1. The maximum absolute atomic E-state index is 17.2. The van der Waals surface area contributed by atoms with Crippen LogP contribution in [0.5, 0.6) is 0 Å². The zero-order valence-electron chi connectivity index (χ0n) is 18.8. The van der Waals surface area contributed by atoms with Crippen LogP contribution >= 0.6 is 11.6 Å². The van der Waals surface area contributed by atoms with Gasteiger partial charge in [0.1, 0.15) is 23.8 Å². The number of halogens is 5. The molecule has 0 bridgehead atoms. The molecule has 2 unspecified atom stereocenters. The van der Waals surface area contributed by atoms with E-state index in [1.807, 2.05) is 0 Å². The number of aromatic nitrogens is 5. The van der Waals surface area contributed by atoms with Gasteiger partial charge in [0.25, 0.3) is 0 Å². The smallest absolute Gasteiger partial charge is 0.417 e. The van der Waals surface area contributed by atoms with Crippen molar-refractivity contribution >= 4 is 34.6 Å². The molecule has 0 saturated carbocycles. The third-order valence-corrected chi connectivity index (χ3v) is 6.68. The second-order valence-corrected chi connectivity index (χ2v) is 8.91. The summed E-state index contributed by atoms with van der Waals surface area (Å²) < 4.78 is 62.6. The highest BCUT2D eigenvalue weighted by Gasteiger charge is 2.57. The predicted octanol–water partition coefficient (Wildman–Crippen LogP) is 4.70. The molecule has 1 aliphatic carbocycles. The minimum Gasteiger partial charge on any atom is -0.496 e. The molecule has 0 radical (unpaired) electrons. The second kappa shape index (κ2) is 8.56. The molecule has 1 aliphatic heterocycles. The van der Waals surface area contributed by atoms with Crippen LogP contribution in [0.4, 0.5) is 17.6 Å². The van der Waals surface area contributed by atoms with Crippen molar-refractivity contribution in [3.05, 3.63) is 71.0 Å². The number of nitrogens with zero attached hydrogens (tertiary/aromatic N) is 5. The molecule has 36 heavy (non-hydrogen) atoms. The normalized spacial score (nSPS) is 25.2. The Hall–Kier alpha value is -3.51. The molecule has 8 nitrogen and oxygen atoms in total. The lowest BCUT2D eigenvalue weighted by Gasteiger charge is -2.43. The predicted molar refractivity (Wildman–Crippen MR) is 122 cm³/mol. The molecule has 2 aliphatic rings. The number of hydrogen-bond acceptors (Lipinski definition) is 6. The summed E-state index contributed by atoms with van der Waals surface area (Å²) in [6.07, 6.45) is 1.72. The molecule has 3 aromatic rings. The van der Waals surface area contributed by atoms with Gasteiger partial charge in [-0.2, -0.15) is 28.2 Å². The average Bonchev–Trinajstić information content (AvgIpc) is 3.56. The number of allylic oxidation sites excluding steroid dienone is 2. The first-order valence-electron chi connectivity index (χ1n) is 10.7. The zero-order valence-corrected chi connectivity index (χ0v) is 19.5. The topological polar surface area (TPSA) is 88.9 Å². The minimum atomic E-state index is -4.66. The standard InChI is InChI=1S/C23H19ClF4N6O2/c1-12-7-19(21-31-16-8-13(23(26,27)28)15(24)9-17(16)32-21)33(10-12)22(25)14(11-35)18(3-4-20(22)36-2)34-29-5-6-30-34/h3-6,8-9,11,14,19H,1,7,10H2,2H3,(H,31,32)/t14-,19?,22?/m1/s1. The van der Waals surface area contributed by atoms with Crippen LogP contribution in [-0.4, -0.2) is 55.6 Å². The molecule has 2 aromatic heterocycles. The Balaban J connectivity index is 1.61. The molecule has 1 fully saturated rings. The van der Waals surface area contributed by atoms with Crippen LogP contribution in [0.3, 0.4) is 0 Å². The van der Waals surface area contributed by atoms with Crippen molar-refractivity contribution in [3.63, 3.8) is 0 Å². The first kappa shape index (κ1) is 24.2. The summed E-state index contributed by atoms with van der Waals surface area (Å²) in [6.45, 7) is 4.02. The van der Waals surface area contributed by atoms with E-state index < -0.39 is 34.5 Å². The van der Waals surface area contributed by atoms with Crippen LogP contribution in [0.1, 0.15) is 23.9 Å². The number of alkyl halides is 4. The highest BCUT2D eigenvalue weighted by Crippen LogP contribution is 2.49. The van der Waals surface area contributed by atoms with Gasteiger partial charge in [0.05, 0.1) is 52.9 Å². The van der Waals surface area contributed by atoms with E-state index in [0.717, 1.165) is 16.9 Å². The van der Waals surface area contributed by atoms with Gasteiger partial charge in [-0.3, -0.25) is 0 Å². The van der Waals surface area contributed by atoms with Crippen molar-refractivity contribution < 1.29 is 27.1 Å². The van der Waals surface area contributed by atoms with Gasteiger partial charge in [-0.15, -0.1) is 0 Å². The van der Waals surface area contributed by atoms with Crippen LogP contribution in [-0.2, 0) is 15.7 Å². The summed E-state index contributed by atoms with van der Waals surface area (Å²) in [5.41, 5.74) is 0.0842. The number of benzene rings is 1. The maximum atomic E-state index is 17.2. The Kier molecular flexibility index (Phi) is 5.75. The fourth-order valence-corrected chi connectivity index (χ4v) is 5.04. The fraction of sp³-hybridized carbons (Fsp3) is 0.304. The summed E-state index contributed by atoms with van der Waals surface area (Å²) in [7, 11) is 1.29. The Morgan fingerprint density at radius 3 is 2.64 bits per heavy atom. The highest BCUT2D eigenvalue weighted by atomic mass is 35.5. The van der Waals surface area contributed by atoms with Crippen molar-refractivity contribution in [1.82, 2.24) is 29.9 Å². The lowest BCUT2D eigenvalue weighted by molar-refractivity contribution is -0.137. The quantitative estimate of drug-likeness (QED) is 0.226. The molecule has 0 spiro atoms. The van der Waals surface area contributed by atoms with Gasteiger partial charge < -0.3 is 14.5 Å². The molecular formula is C23H19ClF4N6O2. The average molecular weight is 523 g/mol. The molecule has 3 atom stereocenters. The number of H-pyrrole nitrogens is 1. The molecule has 5 rings (SSSR count). The molecule has 3 heterocycles. The number of ether oxygens (including phenoxy) is 1. The van der Waals surface area contributed by atoms with Gasteiger partial charge in [-0.05, 0) is 30.7 Å². The third kappa shape index (κ3) is 3.71. The van der Waals surface area contributed by atoms with E-state index in [-0.39, 0.29) is 41.3 Å². The molecule has 188 valence electrons. The molecule has 1 N–H and O–H groups in total. The number of likely N-dealkylation sites (tertiary alicyclic amines) is 1. The minimum absolute atomic E-state index is 0.0393. The number of imidazole rings is 1. The lowest BCUT2D eigenvalue weighted by atomic mass is 9.87. The summed E-state index contributed by atoms with van der Waals surface area (Å²) in [5, 5.41) is 7.54. The van der Waals surface area contributed by atoms with Crippen LogP contribution in [0.15, 0.2) is 54.6 Å². The van der Waals surface area contributed by atoms with E-state index in [0.29, 0.717) is 11.9 Å². The van der Waals surface area contributed by atoms with E-state index in [2.05, 4.69) is 26.7 Å². The number of carbonyl (C=O) groups excluding carboxylic acids is 1. The number of hydrogen-bond donors (Lipinski definition) is 1. The van der Waals surface area contributed by atoms with Crippen LogP contribution in [0, 0.1) is 5.92 Å². The number of nitrogens with one attached hydrogen (secondary N) is 1. The molecular weight excluding hydrogens is 504 g/mol. The van der Waals surface area contributed by atoms with Crippen molar-refractivity contribution in [3.8, 4) is 0 Å². The lowest BCUT2D eigenvalue weighted by Crippen LogP contribution is -2.54. The number of carbonyl (C=O) groups is 1. The van der Waals surface area contributed by atoms with E-state index in [1.165, 1.54) is 36.6 Å². The van der Waals surface area contributed by atoms with E-state index in [9.17, 15) is 18.0 Å². The largest absolute Gasteiger partial charge is 0.496 e. The summed E-state index contributed by atoms with van der Waals surface area (Å²) in [4.78, 5) is 22.1. The van der Waals surface area contributed by atoms with Crippen molar-refractivity contribution in [2.45, 2.75) is 24.4 Å². The zero-order chi connectivity index (χ0) is 25.8. The van der Waals surface area contributed by atoms with Crippen LogP contribution in [0.25, 0.3) is 16.7 Å². The number of fused-ring (bicyclic) bond motifs is 1. The summed E-state index contributed by atoms with van der Waals surface area (Å²) in [6, 6.07) is 1.18. The molecule has 1 aromatic carbocycles. The Labute approximate surface area is 206 Å². The summed E-state index contributed by atoms with van der Waals surface area (Å²) >= 11 is 5.85. The number of rotatable bonds is 5. The first-order chi connectivity index (χ1) is 17.1. The number of aldehydes is 1. The van der Waals surface area contributed by atoms with Gasteiger partial charge in [0, 0.05) is 6.54 Å². The maximum Gasteiger partial charge on any atom is 0.417 e. The van der Waals surface area contributed by atoms with Crippen molar-refractivity contribution in [2.24, 2.45) is 5.92 Å². The van der Waals surface area contributed by atoms with Crippen LogP contribution < -0.4 is 0 Å². The van der Waals surface area contributed by atoms with E-state index >= 15 is 4.39 Å². The SMILES string of the molecule is C=C1CC(c2nc3cc(Cl)c(C(F)(F)F)cc3[nH]2)N(C2(F)C(OC)=CC=C(n3nccn3)[C@H]2C=O)C1. The number of aromatic amines is 1. The molecule has 13 heteroatoms. The van der Waals surface area contributed by atoms with E-state index in [4.69, 9.17) is 16.3 Å². The van der Waals surface area contributed by atoms with Gasteiger partial charge in [-0.1, -0.05) is 23.8 Å². The Morgan fingerprint density at radius 1 is 1.28 bits per heavy atom. The van der Waals surface area contributed by atoms with Crippen molar-refractivity contribution in [1.29, 1.82) is 0 Å². The van der Waals surface area contributed by atoms with Gasteiger partial charge in [-0.25, -0.2) is 14.3 Å². The monoisotopic (exact) mass is 522 g/mol. The summed E-state index contributed by atoms with van der Waals surface area (Å²) in [5.74, 6) is -3.82. The highest BCUT2D eigenvalue weighted by molar-refractivity contribution is 6.32. The third-order valence-electron chi connectivity index (χ3n) is 6.37. The van der Waals surface area contributed by atoms with E-state index in [1.54, 1.807) is 0 Å². The Morgan fingerprint density at radius 2 is 2.00 bits per heavy atom. The number of methoxy groups -OCH3 is 1. The van der Waals surface area contributed by atoms with Crippen LogP contribution in [0.2, 0.25) is 5.02 Å². The van der Waals surface area contributed by atoms with Gasteiger partial charge in [0.15, 0.2) is 0 Å². The molecule has 0 amide bonds.